The smallest absolute Gasteiger partial charge is 0.312 e. The summed E-state index contributed by atoms with van der Waals surface area (Å²) in [4.78, 5) is 58.5. The highest BCUT2D eigenvalue weighted by Crippen LogP contribution is 2.16. The number of benzene rings is 1. The van der Waals surface area contributed by atoms with Crippen LogP contribution in [0.4, 0.5) is 5.69 Å². The highest BCUT2D eigenvalue weighted by atomic mass is 16.6. The highest BCUT2D eigenvalue weighted by Gasteiger charge is 2.37. The number of rotatable bonds is 10. The lowest BCUT2D eigenvalue weighted by Crippen LogP contribution is -2.52. The Hall–Kier alpha value is -3.50. The van der Waals surface area contributed by atoms with E-state index in [1.165, 1.54) is 25.1 Å². The van der Waals surface area contributed by atoms with Gasteiger partial charge in [-0.05, 0) is 19.9 Å². The van der Waals surface area contributed by atoms with E-state index in [4.69, 9.17) is 15.2 Å². The molecule has 0 unspecified atom stereocenters. The van der Waals surface area contributed by atoms with E-state index in [2.05, 4.69) is 5.32 Å². The molecule has 0 heterocycles. The van der Waals surface area contributed by atoms with Gasteiger partial charge in [-0.25, -0.2) is 0 Å². The molecule has 3 N–H and O–H groups in total. The molecule has 0 bridgehead atoms. The van der Waals surface area contributed by atoms with Gasteiger partial charge in [0.25, 0.3) is 11.6 Å². The molecule has 152 valence electrons. The zero-order chi connectivity index (χ0) is 21.3. The number of nitro groups is 1. The summed E-state index contributed by atoms with van der Waals surface area (Å²) in [6.07, 6.45) is -0.546. The second-order valence-electron chi connectivity index (χ2n) is 5.53. The monoisotopic (exact) mass is 395 g/mol. The van der Waals surface area contributed by atoms with E-state index < -0.39 is 47.1 Å². The molecule has 2 atom stereocenters. The van der Waals surface area contributed by atoms with Crippen molar-refractivity contribution in [3.05, 3.63) is 39.9 Å². The summed E-state index contributed by atoms with van der Waals surface area (Å²) < 4.78 is 9.63. The molecule has 0 spiro atoms. The molecule has 0 aliphatic rings. The third kappa shape index (κ3) is 6.34. The first-order chi connectivity index (χ1) is 13.2. The number of non-ortho nitro benzene ring substituents is 1. The molecule has 2 amide bonds. The fourth-order valence-electron chi connectivity index (χ4n) is 2.34. The average molecular weight is 395 g/mol. The van der Waals surface area contributed by atoms with Crippen molar-refractivity contribution in [1.29, 1.82) is 0 Å². The highest BCUT2D eigenvalue weighted by molar-refractivity contribution is 5.99. The van der Waals surface area contributed by atoms with Crippen molar-refractivity contribution >= 4 is 29.4 Å². The first-order valence-electron chi connectivity index (χ1n) is 8.38. The lowest BCUT2D eigenvalue weighted by Gasteiger charge is -2.23. The average Bonchev–Trinajstić information content (AvgIpc) is 2.64. The quantitative estimate of drug-likeness (QED) is 0.324. The van der Waals surface area contributed by atoms with E-state index >= 15 is 0 Å². The number of carbonyl (C=O) groups is 4. The second-order valence-corrected chi connectivity index (χ2v) is 5.53. The number of primary amides is 1. The van der Waals surface area contributed by atoms with Gasteiger partial charge in [-0.1, -0.05) is 6.07 Å². The molecule has 0 radical (unpaired) electrons. The van der Waals surface area contributed by atoms with E-state index in [-0.39, 0.29) is 24.5 Å². The second kappa shape index (κ2) is 10.6. The lowest BCUT2D eigenvalue weighted by molar-refractivity contribution is -0.384. The Kier molecular flexibility index (Phi) is 8.53. The molecule has 0 fully saturated rings. The van der Waals surface area contributed by atoms with Crippen LogP contribution in [0.2, 0.25) is 0 Å². The normalized spacial score (nSPS) is 12.4. The maximum Gasteiger partial charge on any atom is 0.312 e. The number of nitrogens with one attached hydrogen (secondary N) is 1. The van der Waals surface area contributed by atoms with Crippen LogP contribution in [0.1, 0.15) is 30.6 Å². The summed E-state index contributed by atoms with van der Waals surface area (Å²) in [5, 5.41) is 13.1. The maximum absolute atomic E-state index is 12.4. The van der Waals surface area contributed by atoms with Gasteiger partial charge in [0.05, 0.1) is 30.5 Å². The molecule has 0 saturated heterocycles. The van der Waals surface area contributed by atoms with Crippen LogP contribution in [0.3, 0.4) is 0 Å². The number of amides is 2. The fourth-order valence-corrected chi connectivity index (χ4v) is 2.34. The summed E-state index contributed by atoms with van der Waals surface area (Å²) in [6, 6.07) is 3.16. The number of esters is 2. The van der Waals surface area contributed by atoms with E-state index in [0.717, 1.165) is 6.07 Å². The number of ether oxygens (including phenoxy) is 2. The van der Waals surface area contributed by atoms with Crippen molar-refractivity contribution in [3.8, 4) is 0 Å². The molecule has 1 rings (SSSR count). The molecule has 0 saturated carbocycles. The first kappa shape index (κ1) is 22.5. The summed E-state index contributed by atoms with van der Waals surface area (Å²) in [5.41, 5.74) is 4.84. The molecule has 0 aromatic heterocycles. The summed E-state index contributed by atoms with van der Waals surface area (Å²) in [7, 11) is 0. The standard InChI is InChI=1S/C17H21N3O8/c1-3-27-13(21)9-12(17(24)28-4-2)14(15(18)22)19-16(23)10-6-5-7-11(8-10)20(25)26/h5-8,12,14H,3-4,9H2,1-2H3,(H2,18,22)(H,19,23)/t12-,14+/m1/s1. The first-order valence-corrected chi connectivity index (χ1v) is 8.38. The van der Waals surface area contributed by atoms with Crippen molar-refractivity contribution in [2.75, 3.05) is 13.2 Å². The predicted octanol–water partition coefficient (Wildman–Crippen LogP) is 0.311. The number of nitro benzene ring substituents is 1. The Balaban J connectivity index is 3.12. The van der Waals surface area contributed by atoms with Crippen molar-refractivity contribution in [1.82, 2.24) is 5.32 Å². The van der Waals surface area contributed by atoms with Crippen LogP contribution < -0.4 is 11.1 Å². The van der Waals surface area contributed by atoms with E-state index in [9.17, 15) is 29.3 Å². The number of nitrogens with zero attached hydrogens (tertiary/aromatic N) is 1. The van der Waals surface area contributed by atoms with Crippen molar-refractivity contribution in [2.45, 2.75) is 26.3 Å². The molecule has 11 nitrogen and oxygen atoms in total. The Morgan fingerprint density at radius 1 is 1.18 bits per heavy atom. The van der Waals surface area contributed by atoms with Crippen LogP contribution in [-0.2, 0) is 23.9 Å². The van der Waals surface area contributed by atoms with Crippen molar-refractivity contribution < 1.29 is 33.6 Å². The van der Waals surface area contributed by atoms with Gasteiger partial charge in [0.2, 0.25) is 5.91 Å². The zero-order valence-electron chi connectivity index (χ0n) is 15.4. The largest absolute Gasteiger partial charge is 0.466 e. The number of nitrogens with two attached hydrogens (primary N) is 1. The van der Waals surface area contributed by atoms with Crippen LogP contribution >= 0.6 is 0 Å². The van der Waals surface area contributed by atoms with E-state index in [1.54, 1.807) is 6.92 Å². The van der Waals surface area contributed by atoms with Gasteiger partial charge in [0.1, 0.15) is 6.04 Å². The van der Waals surface area contributed by atoms with Gasteiger partial charge in [-0.3, -0.25) is 29.3 Å². The van der Waals surface area contributed by atoms with Gasteiger partial charge in [-0.2, -0.15) is 0 Å². The Labute approximate surface area is 160 Å². The fraction of sp³-hybridized carbons (Fsp3) is 0.412. The molecule has 0 aliphatic carbocycles. The van der Waals surface area contributed by atoms with Gasteiger partial charge >= 0.3 is 11.9 Å². The summed E-state index contributed by atoms with van der Waals surface area (Å²) in [6.45, 7) is 3.12. The lowest BCUT2D eigenvalue weighted by atomic mass is 9.95. The minimum absolute atomic E-state index is 0.0253. The van der Waals surface area contributed by atoms with Crippen LogP contribution in [0.25, 0.3) is 0 Å². The van der Waals surface area contributed by atoms with Crippen molar-refractivity contribution in [3.63, 3.8) is 0 Å². The van der Waals surface area contributed by atoms with E-state index in [1.807, 2.05) is 0 Å². The summed E-state index contributed by atoms with van der Waals surface area (Å²) in [5.74, 6) is -5.08. The van der Waals surface area contributed by atoms with Gasteiger partial charge in [0, 0.05) is 17.7 Å². The van der Waals surface area contributed by atoms with Crippen molar-refractivity contribution in [2.24, 2.45) is 11.7 Å². The molecule has 11 heteroatoms. The number of carbonyl (C=O) groups excluding carboxylic acids is 4. The Morgan fingerprint density at radius 2 is 1.82 bits per heavy atom. The van der Waals surface area contributed by atoms with Gasteiger partial charge in [0.15, 0.2) is 0 Å². The third-order valence-electron chi connectivity index (χ3n) is 3.60. The van der Waals surface area contributed by atoms with Crippen LogP contribution in [0.5, 0.6) is 0 Å². The summed E-state index contributed by atoms with van der Waals surface area (Å²) >= 11 is 0. The predicted molar refractivity (Wildman–Crippen MR) is 94.9 cm³/mol. The Bertz CT molecular complexity index is 765. The van der Waals surface area contributed by atoms with Crippen LogP contribution in [-0.4, -0.2) is 47.9 Å². The SMILES string of the molecule is CCOC(=O)C[C@@H](C(=O)OCC)[C@H](NC(=O)c1cccc([N+](=O)[O-])c1)C(N)=O. The zero-order valence-corrected chi connectivity index (χ0v) is 15.4. The third-order valence-corrected chi connectivity index (χ3v) is 3.60. The molecular formula is C17H21N3O8. The molecule has 1 aromatic rings. The molecule has 28 heavy (non-hydrogen) atoms. The maximum atomic E-state index is 12.4. The number of hydrogen-bond acceptors (Lipinski definition) is 8. The minimum atomic E-state index is -1.59. The Morgan fingerprint density at radius 3 is 2.36 bits per heavy atom. The molecular weight excluding hydrogens is 374 g/mol. The topological polar surface area (TPSA) is 168 Å². The van der Waals surface area contributed by atoms with Crippen LogP contribution in [0, 0.1) is 16.0 Å². The van der Waals surface area contributed by atoms with Crippen LogP contribution in [0.15, 0.2) is 24.3 Å². The molecule has 1 aromatic carbocycles. The van der Waals surface area contributed by atoms with Gasteiger partial charge in [-0.15, -0.1) is 0 Å². The minimum Gasteiger partial charge on any atom is -0.466 e. The molecule has 0 aliphatic heterocycles. The number of hydrogen-bond donors (Lipinski definition) is 2. The van der Waals surface area contributed by atoms with Gasteiger partial charge < -0.3 is 20.5 Å². The van der Waals surface area contributed by atoms with E-state index in [0.29, 0.717) is 0 Å².